The zero-order valence-electron chi connectivity index (χ0n) is 16.4. The Labute approximate surface area is 173 Å². The molecule has 4 heterocycles. The second kappa shape index (κ2) is 5.13. The van der Waals surface area contributed by atoms with Crippen LogP contribution in [0.15, 0.2) is 48.5 Å². The monoisotopic (exact) mass is 392 g/mol. The lowest BCUT2D eigenvalue weighted by atomic mass is 9.83. The maximum Gasteiger partial charge on any atom is 0.252 e. The number of ether oxygens (including phenoxy) is 1. The molecule has 4 aliphatic rings. The van der Waals surface area contributed by atoms with Gasteiger partial charge in [-0.2, -0.15) is 0 Å². The fraction of sp³-hybridized carbons (Fsp3) is 0.269. The lowest BCUT2D eigenvalue weighted by molar-refractivity contribution is 0.00494. The van der Waals surface area contributed by atoms with Gasteiger partial charge < -0.3 is 14.6 Å². The highest BCUT2D eigenvalue weighted by Crippen LogP contribution is 2.59. The molecule has 0 saturated carbocycles. The minimum absolute atomic E-state index is 0.0759. The van der Waals surface area contributed by atoms with Crippen LogP contribution in [0.1, 0.15) is 52.0 Å². The molecule has 1 N–H and O–H groups in total. The number of hydrogen-bond acceptors (Lipinski definition) is 2. The van der Waals surface area contributed by atoms with Crippen LogP contribution in [0.2, 0.25) is 0 Å². The van der Waals surface area contributed by atoms with Crippen LogP contribution in [0.4, 0.5) is 0 Å². The highest BCUT2D eigenvalue weighted by atomic mass is 16.5. The van der Waals surface area contributed by atoms with E-state index in [4.69, 9.17) is 4.74 Å². The molecule has 1 saturated heterocycles. The molecule has 146 valence electrons. The van der Waals surface area contributed by atoms with E-state index in [0.29, 0.717) is 6.54 Å². The molecule has 4 nitrogen and oxygen atoms in total. The molecule has 3 aliphatic heterocycles. The quantitative estimate of drug-likeness (QED) is 0.463. The van der Waals surface area contributed by atoms with Crippen molar-refractivity contribution in [1.82, 2.24) is 9.88 Å². The van der Waals surface area contributed by atoms with Crippen molar-refractivity contribution in [3.63, 3.8) is 0 Å². The van der Waals surface area contributed by atoms with Crippen molar-refractivity contribution in [2.75, 3.05) is 6.54 Å². The Morgan fingerprint density at radius 3 is 2.83 bits per heavy atom. The number of rotatable bonds is 0. The van der Waals surface area contributed by atoms with Crippen LogP contribution in [-0.4, -0.2) is 23.1 Å². The van der Waals surface area contributed by atoms with Gasteiger partial charge >= 0.3 is 0 Å². The van der Waals surface area contributed by atoms with Crippen molar-refractivity contribution in [3.05, 3.63) is 70.8 Å². The average Bonchev–Trinajstić information content (AvgIpc) is 3.42. The minimum Gasteiger partial charge on any atom is -0.354 e. The number of nitrogens with one attached hydrogen (secondary N) is 1. The number of nitrogens with zero attached hydrogens (tertiary/aromatic N) is 1. The van der Waals surface area contributed by atoms with Gasteiger partial charge in [0, 0.05) is 28.8 Å². The molecule has 1 aromatic heterocycles. The zero-order chi connectivity index (χ0) is 19.6. The van der Waals surface area contributed by atoms with E-state index in [0.717, 1.165) is 30.4 Å². The summed E-state index contributed by atoms with van der Waals surface area (Å²) in [7, 11) is 0. The number of amides is 1. The number of fused-ring (bicyclic) bond motifs is 13. The summed E-state index contributed by atoms with van der Waals surface area (Å²) in [6, 6.07) is 17.3. The summed E-state index contributed by atoms with van der Waals surface area (Å²) in [6.45, 7) is 0.701. The zero-order valence-corrected chi connectivity index (χ0v) is 16.4. The summed E-state index contributed by atoms with van der Waals surface area (Å²) < 4.78 is 9.17. The highest BCUT2D eigenvalue weighted by Gasteiger charge is 2.47. The molecule has 8 rings (SSSR count). The van der Waals surface area contributed by atoms with E-state index in [9.17, 15) is 4.79 Å². The molecule has 30 heavy (non-hydrogen) atoms. The smallest absolute Gasteiger partial charge is 0.252 e. The van der Waals surface area contributed by atoms with Crippen molar-refractivity contribution in [2.45, 2.75) is 37.5 Å². The highest BCUT2D eigenvalue weighted by molar-refractivity contribution is 6.19. The number of aromatic nitrogens is 1. The molecule has 3 unspecified atom stereocenters. The predicted octanol–water partition coefficient (Wildman–Crippen LogP) is 4.88. The van der Waals surface area contributed by atoms with Crippen molar-refractivity contribution < 1.29 is 9.53 Å². The van der Waals surface area contributed by atoms with Gasteiger partial charge in [-0.3, -0.25) is 4.79 Å². The molecule has 0 spiro atoms. The first-order valence-corrected chi connectivity index (χ1v) is 11.0. The maximum absolute atomic E-state index is 13.3. The van der Waals surface area contributed by atoms with Crippen LogP contribution >= 0.6 is 0 Å². The van der Waals surface area contributed by atoms with Crippen LogP contribution in [0.25, 0.3) is 32.9 Å². The lowest BCUT2D eigenvalue weighted by Gasteiger charge is -2.24. The van der Waals surface area contributed by atoms with Crippen LogP contribution < -0.4 is 5.32 Å². The van der Waals surface area contributed by atoms with Gasteiger partial charge in [0.15, 0.2) is 0 Å². The Hall–Kier alpha value is -3.11. The molecule has 2 bridgehead atoms. The Kier molecular flexibility index (Phi) is 2.69. The van der Waals surface area contributed by atoms with Crippen LogP contribution in [0, 0.1) is 0 Å². The number of carbonyl (C=O) groups is 1. The Morgan fingerprint density at radius 1 is 1.00 bits per heavy atom. The van der Waals surface area contributed by atoms with Gasteiger partial charge in [-0.05, 0) is 47.6 Å². The van der Waals surface area contributed by atoms with Gasteiger partial charge in [0.25, 0.3) is 5.91 Å². The molecule has 0 radical (unpaired) electrons. The van der Waals surface area contributed by atoms with Crippen molar-refractivity contribution in [3.8, 4) is 11.1 Å². The van der Waals surface area contributed by atoms with Crippen LogP contribution in [0.3, 0.4) is 0 Å². The first-order valence-electron chi connectivity index (χ1n) is 11.0. The molecule has 4 aromatic rings. The van der Waals surface area contributed by atoms with Gasteiger partial charge in [0.1, 0.15) is 6.23 Å². The van der Waals surface area contributed by atoms with E-state index >= 15 is 0 Å². The molecule has 1 amide bonds. The van der Waals surface area contributed by atoms with Crippen LogP contribution in [0.5, 0.6) is 0 Å². The molecule has 1 fully saturated rings. The van der Waals surface area contributed by atoms with Gasteiger partial charge in [-0.1, -0.05) is 42.5 Å². The third-order valence-corrected chi connectivity index (χ3v) is 7.74. The number of benzene rings is 3. The van der Waals surface area contributed by atoms with E-state index in [1.807, 2.05) is 0 Å². The molecular weight excluding hydrogens is 372 g/mol. The molecule has 1 aliphatic carbocycles. The standard InChI is InChI=1S/C26H20N2O2/c29-26-23-16(11-12-27-26)20-15-7-3-4-8-17(15)28-19-10-9-18(30-19)21-13-5-1-2-6-14(13)22(23)24(21)25(20)28/h1-8,18-19,21H,9-12H2,(H,27,29). The fourth-order valence-electron chi connectivity index (χ4n) is 6.75. The van der Waals surface area contributed by atoms with Gasteiger partial charge in [0.2, 0.25) is 0 Å². The van der Waals surface area contributed by atoms with E-state index in [2.05, 4.69) is 58.4 Å². The van der Waals surface area contributed by atoms with E-state index in [1.54, 1.807) is 0 Å². The largest absolute Gasteiger partial charge is 0.354 e. The van der Waals surface area contributed by atoms with Crippen LogP contribution in [-0.2, 0) is 11.2 Å². The Balaban J connectivity index is 1.70. The summed E-state index contributed by atoms with van der Waals surface area (Å²) in [5, 5.41) is 5.66. The lowest BCUT2D eigenvalue weighted by Crippen LogP contribution is -2.32. The SMILES string of the molecule is O=C1NCCc2c1c1c3c4c2c2ccccc2n4C2CCC(O2)C3c2ccccc2-1. The molecular formula is C26H20N2O2. The molecule has 3 atom stereocenters. The Morgan fingerprint density at radius 2 is 1.87 bits per heavy atom. The summed E-state index contributed by atoms with van der Waals surface area (Å²) in [6.07, 6.45) is 3.22. The Bertz CT molecular complexity index is 1450. The van der Waals surface area contributed by atoms with Crippen molar-refractivity contribution in [1.29, 1.82) is 0 Å². The molecule has 4 heteroatoms. The average molecular weight is 392 g/mol. The van der Waals surface area contributed by atoms with Gasteiger partial charge in [0.05, 0.1) is 22.7 Å². The molecule has 3 aromatic carbocycles. The first-order chi connectivity index (χ1) is 14.8. The summed E-state index contributed by atoms with van der Waals surface area (Å²) in [5.74, 6) is 0.279. The summed E-state index contributed by atoms with van der Waals surface area (Å²) >= 11 is 0. The van der Waals surface area contributed by atoms with Gasteiger partial charge in [-0.25, -0.2) is 0 Å². The maximum atomic E-state index is 13.3. The van der Waals surface area contributed by atoms with E-state index in [1.165, 1.54) is 44.1 Å². The topological polar surface area (TPSA) is 43.3 Å². The first kappa shape index (κ1) is 15.7. The fourth-order valence-corrected chi connectivity index (χ4v) is 6.75. The van der Waals surface area contributed by atoms with Gasteiger partial charge in [-0.15, -0.1) is 0 Å². The third kappa shape index (κ3) is 1.61. The van der Waals surface area contributed by atoms with Crippen molar-refractivity contribution >= 4 is 27.7 Å². The van der Waals surface area contributed by atoms with Crippen molar-refractivity contribution in [2.24, 2.45) is 0 Å². The summed E-state index contributed by atoms with van der Waals surface area (Å²) in [4.78, 5) is 13.3. The number of hydrogen-bond donors (Lipinski definition) is 1. The minimum atomic E-state index is 0.0759. The summed E-state index contributed by atoms with van der Waals surface area (Å²) in [5.41, 5.74) is 9.70. The number of para-hydroxylation sites is 1. The number of carbonyl (C=O) groups excluding carboxylic acids is 1. The second-order valence-electron chi connectivity index (χ2n) is 9.03. The predicted molar refractivity (Wildman–Crippen MR) is 116 cm³/mol. The van der Waals surface area contributed by atoms with E-state index in [-0.39, 0.29) is 24.2 Å². The van der Waals surface area contributed by atoms with E-state index < -0.39 is 0 Å². The normalized spacial score (nSPS) is 25.3. The second-order valence-corrected chi connectivity index (χ2v) is 9.03. The third-order valence-electron chi connectivity index (χ3n) is 7.74.